The number of nitrogens with one attached hydrogen (secondary N) is 1. The number of pyridine rings is 1. The minimum atomic E-state index is -1.31. The van der Waals surface area contributed by atoms with E-state index in [1.165, 1.54) is 18.3 Å². The van der Waals surface area contributed by atoms with E-state index in [2.05, 4.69) is 10.3 Å². The summed E-state index contributed by atoms with van der Waals surface area (Å²) in [4.78, 5) is 44.7. The van der Waals surface area contributed by atoms with Crippen LogP contribution in [0.5, 0.6) is 5.75 Å². The van der Waals surface area contributed by atoms with Crippen LogP contribution in [0.15, 0.2) is 67.0 Å². The molecule has 172 valence electrons. The quantitative estimate of drug-likeness (QED) is 0.354. The lowest BCUT2D eigenvalue weighted by atomic mass is 9.70. The lowest BCUT2D eigenvalue weighted by Gasteiger charge is -2.35. The summed E-state index contributed by atoms with van der Waals surface area (Å²) in [5, 5.41) is 14.4. The van der Waals surface area contributed by atoms with Crippen LogP contribution in [0.1, 0.15) is 27.4 Å². The number of aromatic nitrogens is 1. The Kier molecular flexibility index (Phi) is 5.13. The van der Waals surface area contributed by atoms with Crippen molar-refractivity contribution in [2.75, 3.05) is 26.0 Å². The number of fused-ring (bicyclic) bond motifs is 2. The van der Waals surface area contributed by atoms with Gasteiger partial charge in [0.2, 0.25) is 5.91 Å². The molecule has 3 atom stereocenters. The van der Waals surface area contributed by atoms with Crippen LogP contribution in [0.4, 0.5) is 11.4 Å². The summed E-state index contributed by atoms with van der Waals surface area (Å²) >= 11 is 0. The number of likely N-dealkylation sites (tertiary alicyclic amines) is 1. The van der Waals surface area contributed by atoms with Gasteiger partial charge in [0.1, 0.15) is 11.3 Å². The van der Waals surface area contributed by atoms with E-state index in [4.69, 9.17) is 4.74 Å². The molecule has 3 heterocycles. The Morgan fingerprint density at radius 3 is 2.76 bits per heavy atom. The van der Waals surface area contributed by atoms with Gasteiger partial charge in [-0.1, -0.05) is 12.1 Å². The van der Waals surface area contributed by atoms with Gasteiger partial charge in [-0.05, 0) is 42.9 Å². The highest BCUT2D eigenvalue weighted by atomic mass is 16.6. The molecule has 0 bridgehead atoms. The molecule has 0 aliphatic carbocycles. The molecule has 1 fully saturated rings. The second-order valence-electron chi connectivity index (χ2n) is 8.55. The van der Waals surface area contributed by atoms with E-state index < -0.39 is 22.3 Å². The van der Waals surface area contributed by atoms with Crippen LogP contribution in [0.25, 0.3) is 0 Å². The topological polar surface area (TPSA) is 115 Å². The van der Waals surface area contributed by atoms with Crippen molar-refractivity contribution in [3.05, 3.63) is 93.8 Å². The van der Waals surface area contributed by atoms with E-state index >= 15 is 0 Å². The van der Waals surface area contributed by atoms with Gasteiger partial charge in [-0.2, -0.15) is 0 Å². The minimum Gasteiger partial charge on any atom is -0.497 e. The predicted molar refractivity (Wildman–Crippen MR) is 124 cm³/mol. The van der Waals surface area contributed by atoms with Gasteiger partial charge >= 0.3 is 0 Å². The van der Waals surface area contributed by atoms with Gasteiger partial charge in [0, 0.05) is 53.8 Å². The predicted octanol–water partition coefficient (Wildman–Crippen LogP) is 3.37. The summed E-state index contributed by atoms with van der Waals surface area (Å²) in [5.74, 6) is -1.32. The monoisotopic (exact) mass is 458 g/mol. The number of nitrogens with zero attached hydrogens (tertiary/aromatic N) is 3. The Morgan fingerprint density at radius 2 is 2.06 bits per heavy atom. The van der Waals surface area contributed by atoms with Gasteiger partial charge in [0.05, 0.1) is 18.0 Å². The lowest BCUT2D eigenvalue weighted by Crippen LogP contribution is -2.51. The first-order chi connectivity index (χ1) is 16.4. The van der Waals surface area contributed by atoms with Crippen LogP contribution in [-0.4, -0.2) is 47.2 Å². The van der Waals surface area contributed by atoms with Gasteiger partial charge in [-0.3, -0.25) is 29.6 Å². The molecular formula is C25H22N4O5. The smallest absolute Gasteiger partial charge is 0.269 e. The van der Waals surface area contributed by atoms with Crippen LogP contribution >= 0.6 is 0 Å². The summed E-state index contributed by atoms with van der Waals surface area (Å²) in [5.41, 5.74) is 0.889. The zero-order chi connectivity index (χ0) is 24.0. The lowest BCUT2D eigenvalue weighted by molar-refractivity contribution is -0.384. The highest BCUT2D eigenvalue weighted by Crippen LogP contribution is 2.56. The van der Waals surface area contributed by atoms with Crippen molar-refractivity contribution in [3.8, 4) is 5.75 Å². The number of rotatable bonds is 5. The van der Waals surface area contributed by atoms with E-state index in [0.29, 0.717) is 34.7 Å². The molecule has 1 N–H and O–H groups in total. The number of benzene rings is 2. The molecule has 1 aromatic heterocycles. The number of amides is 1. The SMILES string of the molecule is COc1ccc2c(c1)[C@]1(C(=O)N2)[C@H](C(=O)c2cccnc2)[C@H](c2cccc([N+](=O)[O-])c2)CN1C. The Balaban J connectivity index is 1.74. The average Bonchev–Trinajstić information content (AvgIpc) is 3.33. The molecule has 0 saturated carbocycles. The van der Waals surface area contributed by atoms with Crippen molar-refractivity contribution < 1.29 is 19.2 Å². The second-order valence-corrected chi connectivity index (χ2v) is 8.55. The fraction of sp³-hybridized carbons (Fsp3) is 0.240. The van der Waals surface area contributed by atoms with Gasteiger partial charge in [0.25, 0.3) is 5.69 Å². The second kappa shape index (κ2) is 8.03. The fourth-order valence-corrected chi connectivity index (χ4v) is 5.40. The first-order valence-electron chi connectivity index (χ1n) is 10.8. The Hall–Kier alpha value is -4.11. The summed E-state index contributed by atoms with van der Waals surface area (Å²) < 4.78 is 5.42. The van der Waals surface area contributed by atoms with E-state index in [-0.39, 0.29) is 17.4 Å². The number of nitro benzene ring substituents is 1. The maximum absolute atomic E-state index is 14.1. The molecule has 34 heavy (non-hydrogen) atoms. The summed E-state index contributed by atoms with van der Waals surface area (Å²) in [6.07, 6.45) is 3.06. The maximum Gasteiger partial charge on any atom is 0.269 e. The molecule has 2 aliphatic heterocycles. The summed E-state index contributed by atoms with van der Waals surface area (Å²) in [6.45, 7) is 0.349. The normalized spacial score (nSPS) is 23.5. The number of likely N-dealkylation sites (N-methyl/N-ethyl adjacent to an activating group) is 1. The zero-order valence-corrected chi connectivity index (χ0v) is 18.6. The molecule has 9 heteroatoms. The molecule has 0 radical (unpaired) electrons. The number of hydrogen-bond donors (Lipinski definition) is 1. The van der Waals surface area contributed by atoms with E-state index in [9.17, 15) is 19.7 Å². The molecule has 2 aromatic carbocycles. The molecule has 2 aliphatic rings. The van der Waals surface area contributed by atoms with E-state index in [0.717, 1.165) is 0 Å². The molecule has 0 unspecified atom stereocenters. The van der Waals surface area contributed by atoms with Crippen LogP contribution in [-0.2, 0) is 10.3 Å². The third kappa shape index (κ3) is 3.08. The largest absolute Gasteiger partial charge is 0.497 e. The van der Waals surface area contributed by atoms with Gasteiger partial charge < -0.3 is 10.1 Å². The number of Topliss-reactive ketones (excluding diaryl/α,β-unsaturated/α-hetero) is 1. The van der Waals surface area contributed by atoms with Crippen LogP contribution in [0.2, 0.25) is 0 Å². The number of carbonyl (C=O) groups is 2. The fourth-order valence-electron chi connectivity index (χ4n) is 5.40. The van der Waals surface area contributed by atoms with Crippen molar-refractivity contribution in [3.63, 3.8) is 0 Å². The van der Waals surface area contributed by atoms with Crippen molar-refractivity contribution in [2.45, 2.75) is 11.5 Å². The molecule has 5 rings (SSSR count). The number of methoxy groups -OCH3 is 1. The van der Waals surface area contributed by atoms with Crippen LogP contribution in [0, 0.1) is 16.0 Å². The molecule has 1 amide bonds. The van der Waals surface area contributed by atoms with Crippen molar-refractivity contribution >= 4 is 23.1 Å². The molecular weight excluding hydrogens is 436 g/mol. The molecule has 1 spiro atoms. The summed E-state index contributed by atoms with van der Waals surface area (Å²) in [6, 6.07) is 14.9. The third-order valence-electron chi connectivity index (χ3n) is 6.89. The molecule has 9 nitrogen and oxygen atoms in total. The Morgan fingerprint density at radius 1 is 1.24 bits per heavy atom. The van der Waals surface area contributed by atoms with Crippen LogP contribution < -0.4 is 10.1 Å². The number of carbonyl (C=O) groups excluding carboxylic acids is 2. The number of non-ortho nitro benzene ring substituents is 1. The first-order valence-corrected chi connectivity index (χ1v) is 10.8. The highest BCUT2D eigenvalue weighted by Gasteiger charge is 2.64. The number of ketones is 1. The number of hydrogen-bond acceptors (Lipinski definition) is 7. The first kappa shape index (κ1) is 21.7. The maximum atomic E-state index is 14.1. The van der Waals surface area contributed by atoms with Crippen LogP contribution in [0.3, 0.4) is 0 Å². The van der Waals surface area contributed by atoms with Gasteiger partial charge in [-0.15, -0.1) is 0 Å². The number of ether oxygens (including phenoxy) is 1. The minimum absolute atomic E-state index is 0.0633. The standard InChI is InChI=1S/C25H22N4O5/c1-28-14-19(15-5-3-7-17(11-15)29(32)33)22(23(30)16-6-4-10-26-13-16)25(28)20-12-18(34-2)8-9-21(20)27-24(25)31/h3-13,19,22H,14H2,1-2H3,(H,27,31)/t19-,22-,25+/m0/s1. The average molecular weight is 458 g/mol. The van der Waals surface area contributed by atoms with Crippen molar-refractivity contribution in [1.82, 2.24) is 9.88 Å². The zero-order valence-electron chi connectivity index (χ0n) is 18.6. The van der Waals surface area contributed by atoms with Gasteiger partial charge in [-0.25, -0.2) is 0 Å². The van der Waals surface area contributed by atoms with Gasteiger partial charge in [0.15, 0.2) is 5.78 Å². The van der Waals surface area contributed by atoms with Crippen molar-refractivity contribution in [1.29, 1.82) is 0 Å². The Labute approximate surface area is 195 Å². The van der Waals surface area contributed by atoms with E-state index in [1.54, 1.807) is 62.8 Å². The van der Waals surface area contributed by atoms with E-state index in [1.807, 2.05) is 4.90 Å². The van der Waals surface area contributed by atoms with Crippen molar-refractivity contribution in [2.24, 2.45) is 5.92 Å². The summed E-state index contributed by atoms with van der Waals surface area (Å²) in [7, 11) is 3.34. The Bertz CT molecular complexity index is 1310. The number of nitro groups is 1. The molecule has 3 aromatic rings. The third-order valence-corrected chi connectivity index (χ3v) is 6.89. The number of anilines is 1. The highest BCUT2D eigenvalue weighted by molar-refractivity contribution is 6.12. The molecule has 1 saturated heterocycles.